The second-order valence-electron chi connectivity index (χ2n) is 5.05. The third kappa shape index (κ3) is 3.18. The van der Waals surface area contributed by atoms with Crippen molar-refractivity contribution >= 4 is 35.2 Å². The molecule has 0 aromatic heterocycles. The average Bonchev–Trinajstić information content (AvgIpc) is 3.32. The van der Waals surface area contributed by atoms with Gasteiger partial charge in [-0.25, -0.2) is 0 Å². The normalized spacial score (nSPS) is 17.1. The number of hydrogen-bond acceptors (Lipinski definition) is 4. The van der Waals surface area contributed by atoms with E-state index in [4.69, 9.17) is 0 Å². The van der Waals surface area contributed by atoms with Gasteiger partial charge in [-0.1, -0.05) is 12.1 Å². The van der Waals surface area contributed by atoms with Gasteiger partial charge < -0.3 is 4.90 Å². The van der Waals surface area contributed by atoms with Crippen molar-refractivity contribution in [3.05, 3.63) is 24.3 Å². The number of amides is 3. The Morgan fingerprint density at radius 3 is 2.76 bits per heavy atom. The van der Waals surface area contributed by atoms with E-state index in [-0.39, 0.29) is 24.3 Å². The molecule has 1 fully saturated rings. The number of fused-ring (bicyclic) bond motifs is 1. The number of rotatable bonds is 3. The van der Waals surface area contributed by atoms with Crippen LogP contribution >= 0.6 is 11.8 Å². The van der Waals surface area contributed by atoms with Crippen molar-refractivity contribution in [2.24, 2.45) is 5.92 Å². The number of carbonyl (C=O) groups is 3. The van der Waals surface area contributed by atoms with Crippen LogP contribution in [-0.4, -0.2) is 30.0 Å². The van der Waals surface area contributed by atoms with E-state index < -0.39 is 5.91 Å². The number of anilines is 1. The minimum Gasteiger partial charge on any atom is -0.301 e. The average molecular weight is 305 g/mol. The minimum atomic E-state index is -0.404. The van der Waals surface area contributed by atoms with E-state index >= 15 is 0 Å². The van der Waals surface area contributed by atoms with E-state index in [1.807, 2.05) is 24.3 Å². The van der Waals surface area contributed by atoms with Crippen LogP contribution in [0, 0.1) is 5.92 Å². The summed E-state index contributed by atoms with van der Waals surface area (Å²) in [6.45, 7) is -0.0959. The molecule has 0 atom stereocenters. The van der Waals surface area contributed by atoms with Crippen molar-refractivity contribution in [3.8, 4) is 0 Å². The third-order valence-corrected chi connectivity index (χ3v) is 4.43. The second kappa shape index (κ2) is 5.77. The summed E-state index contributed by atoms with van der Waals surface area (Å²) >= 11 is 1.47. The van der Waals surface area contributed by atoms with Gasteiger partial charge in [0.25, 0.3) is 5.91 Å². The molecule has 1 aromatic carbocycles. The number of thioether (sulfide) groups is 1. The van der Waals surface area contributed by atoms with Gasteiger partial charge in [0.2, 0.25) is 11.8 Å². The monoisotopic (exact) mass is 305 g/mol. The SMILES string of the molecule is O=C(CN1C(=O)CSc2ccccc21)NNC(=O)C1CC1. The van der Waals surface area contributed by atoms with Gasteiger partial charge in [0.15, 0.2) is 0 Å². The number of benzene rings is 1. The lowest BCUT2D eigenvalue weighted by Gasteiger charge is -2.28. The Morgan fingerprint density at radius 2 is 2.00 bits per heavy atom. The van der Waals surface area contributed by atoms with E-state index in [0.29, 0.717) is 5.75 Å². The molecular weight excluding hydrogens is 290 g/mol. The van der Waals surface area contributed by atoms with Gasteiger partial charge in [0.05, 0.1) is 11.4 Å². The standard InChI is InChI=1S/C14H15N3O3S/c18-12(15-16-14(20)9-5-6-9)7-17-10-3-1-2-4-11(10)21-8-13(17)19/h1-4,9H,5-8H2,(H,15,18)(H,16,20). The third-order valence-electron chi connectivity index (χ3n) is 3.38. The summed E-state index contributed by atoms with van der Waals surface area (Å²) in [6.07, 6.45) is 1.74. The zero-order chi connectivity index (χ0) is 14.8. The van der Waals surface area contributed by atoms with Crippen LogP contribution in [0.5, 0.6) is 0 Å². The van der Waals surface area contributed by atoms with Crippen molar-refractivity contribution < 1.29 is 14.4 Å². The highest BCUT2D eigenvalue weighted by Crippen LogP contribution is 2.34. The molecule has 1 saturated carbocycles. The van der Waals surface area contributed by atoms with E-state index in [1.165, 1.54) is 16.7 Å². The molecule has 3 amide bonds. The summed E-state index contributed by atoms with van der Waals surface area (Å²) < 4.78 is 0. The Kier molecular flexibility index (Phi) is 3.83. The van der Waals surface area contributed by atoms with Gasteiger partial charge in [-0.05, 0) is 25.0 Å². The molecule has 6 nitrogen and oxygen atoms in total. The summed E-state index contributed by atoms with van der Waals surface area (Å²) in [5, 5.41) is 0. The first-order chi connectivity index (χ1) is 10.1. The highest BCUT2D eigenvalue weighted by atomic mass is 32.2. The molecule has 1 aliphatic heterocycles. The van der Waals surface area contributed by atoms with Crippen molar-refractivity contribution in [1.29, 1.82) is 0 Å². The smallest absolute Gasteiger partial charge is 0.258 e. The van der Waals surface area contributed by atoms with Gasteiger partial charge in [0.1, 0.15) is 6.54 Å². The molecule has 1 heterocycles. The molecule has 7 heteroatoms. The van der Waals surface area contributed by atoms with Gasteiger partial charge >= 0.3 is 0 Å². The van der Waals surface area contributed by atoms with Crippen LogP contribution < -0.4 is 15.8 Å². The topological polar surface area (TPSA) is 78.5 Å². The highest BCUT2D eigenvalue weighted by Gasteiger charge is 2.30. The molecule has 0 radical (unpaired) electrons. The lowest BCUT2D eigenvalue weighted by atomic mass is 10.2. The molecule has 0 bridgehead atoms. The lowest BCUT2D eigenvalue weighted by Crippen LogP contribution is -2.49. The fourth-order valence-corrected chi connectivity index (χ4v) is 3.03. The van der Waals surface area contributed by atoms with Crippen molar-refractivity contribution in [1.82, 2.24) is 10.9 Å². The maximum absolute atomic E-state index is 12.0. The van der Waals surface area contributed by atoms with E-state index in [2.05, 4.69) is 10.9 Å². The van der Waals surface area contributed by atoms with E-state index in [0.717, 1.165) is 23.4 Å². The Labute approximate surface area is 126 Å². The molecular formula is C14H15N3O3S. The molecule has 1 aliphatic carbocycles. The van der Waals surface area contributed by atoms with Crippen LogP contribution in [-0.2, 0) is 14.4 Å². The summed E-state index contributed by atoms with van der Waals surface area (Å²) in [7, 11) is 0. The van der Waals surface area contributed by atoms with Crippen molar-refractivity contribution in [2.45, 2.75) is 17.7 Å². The quantitative estimate of drug-likeness (QED) is 0.805. The Bertz CT molecular complexity index is 601. The van der Waals surface area contributed by atoms with Crippen molar-refractivity contribution in [3.63, 3.8) is 0 Å². The molecule has 2 N–H and O–H groups in total. The largest absolute Gasteiger partial charge is 0.301 e. The molecule has 1 aromatic rings. The summed E-state index contributed by atoms with van der Waals surface area (Å²) in [5.74, 6) is -0.330. The molecule has 3 rings (SSSR count). The van der Waals surface area contributed by atoms with Crippen LogP contribution in [0.4, 0.5) is 5.69 Å². The van der Waals surface area contributed by atoms with Gasteiger partial charge in [-0.2, -0.15) is 0 Å². The number of nitrogens with one attached hydrogen (secondary N) is 2. The van der Waals surface area contributed by atoms with E-state index in [1.54, 1.807) is 0 Å². The summed E-state index contributed by atoms with van der Waals surface area (Å²) in [5.41, 5.74) is 5.49. The first-order valence-electron chi connectivity index (χ1n) is 6.76. The fraction of sp³-hybridized carbons (Fsp3) is 0.357. The zero-order valence-corrected chi connectivity index (χ0v) is 12.1. The van der Waals surface area contributed by atoms with Gasteiger partial charge in [-0.15, -0.1) is 11.8 Å². The molecule has 0 spiro atoms. The number of carbonyl (C=O) groups excluding carboxylic acids is 3. The van der Waals surface area contributed by atoms with Crippen molar-refractivity contribution in [2.75, 3.05) is 17.2 Å². The van der Waals surface area contributed by atoms with Crippen LogP contribution in [0.25, 0.3) is 0 Å². The maximum atomic E-state index is 12.0. The second-order valence-corrected chi connectivity index (χ2v) is 6.07. The molecule has 0 unspecified atom stereocenters. The molecule has 2 aliphatic rings. The maximum Gasteiger partial charge on any atom is 0.258 e. The Hall–Kier alpha value is -2.02. The predicted octanol–water partition coefficient (Wildman–Crippen LogP) is 0.683. The van der Waals surface area contributed by atoms with Gasteiger partial charge in [-0.3, -0.25) is 25.2 Å². The van der Waals surface area contributed by atoms with Crippen LogP contribution in [0.2, 0.25) is 0 Å². The van der Waals surface area contributed by atoms with Crippen LogP contribution in [0.1, 0.15) is 12.8 Å². The van der Waals surface area contributed by atoms with E-state index in [9.17, 15) is 14.4 Å². The highest BCUT2D eigenvalue weighted by molar-refractivity contribution is 8.00. The number of hydrogen-bond donors (Lipinski definition) is 2. The molecule has 110 valence electrons. The zero-order valence-electron chi connectivity index (χ0n) is 11.3. The Balaban J connectivity index is 1.62. The minimum absolute atomic E-state index is 0.0269. The van der Waals surface area contributed by atoms with Gasteiger partial charge in [0, 0.05) is 10.8 Å². The van der Waals surface area contributed by atoms with Crippen LogP contribution in [0.3, 0.4) is 0 Å². The predicted molar refractivity (Wildman–Crippen MR) is 78.5 cm³/mol. The lowest BCUT2D eigenvalue weighted by molar-refractivity contribution is -0.129. The molecule has 21 heavy (non-hydrogen) atoms. The number of nitrogens with zero attached hydrogens (tertiary/aromatic N) is 1. The van der Waals surface area contributed by atoms with Crippen LogP contribution in [0.15, 0.2) is 29.2 Å². The fourth-order valence-electron chi connectivity index (χ4n) is 2.09. The number of para-hydroxylation sites is 1. The summed E-state index contributed by atoms with van der Waals surface area (Å²) in [4.78, 5) is 37.8. The molecule has 0 saturated heterocycles. The number of hydrazine groups is 1. The first-order valence-corrected chi connectivity index (χ1v) is 7.74. The first kappa shape index (κ1) is 13.9. The Morgan fingerprint density at radius 1 is 1.24 bits per heavy atom. The summed E-state index contributed by atoms with van der Waals surface area (Å²) in [6, 6.07) is 7.47.